The van der Waals surface area contributed by atoms with Gasteiger partial charge >= 0.3 is 0 Å². The normalized spacial score (nSPS) is 16.9. The Hall–Kier alpha value is -1.07. The Labute approximate surface area is 116 Å². The van der Waals surface area contributed by atoms with E-state index in [1.165, 1.54) is 0 Å². The second-order valence-corrected chi connectivity index (χ2v) is 6.34. The molecule has 1 aromatic rings. The molecule has 1 N–H and O–H groups in total. The first-order valence-corrected chi connectivity index (χ1v) is 8.30. The first kappa shape index (κ1) is 14.3. The van der Waals surface area contributed by atoms with Crippen molar-refractivity contribution in [2.45, 2.75) is 25.9 Å². The lowest BCUT2D eigenvalue weighted by atomic mass is 10.1. The van der Waals surface area contributed by atoms with E-state index < -0.39 is 10.8 Å². The summed E-state index contributed by atoms with van der Waals surface area (Å²) in [5.41, 5.74) is 1.11. The molecule has 106 valence electrons. The summed E-state index contributed by atoms with van der Waals surface area (Å²) in [6, 6.07) is 6.30. The Balaban J connectivity index is 1.90. The fourth-order valence-electron chi connectivity index (χ4n) is 2.00. The molecular weight excluding hydrogens is 262 g/mol. The maximum atomic E-state index is 11.1. The number of nitrogens with one attached hydrogen (secondary N) is 1. The maximum Gasteiger partial charge on any atom is 0.165 e. The van der Waals surface area contributed by atoms with Gasteiger partial charge in [0.2, 0.25) is 0 Å². The summed E-state index contributed by atoms with van der Waals surface area (Å²) >= 11 is 0. The number of fused-ring (bicyclic) bond motifs is 1. The van der Waals surface area contributed by atoms with E-state index in [9.17, 15) is 4.21 Å². The average Bonchev–Trinajstić information content (AvgIpc) is 2.42. The molecule has 1 aromatic carbocycles. The van der Waals surface area contributed by atoms with Crippen molar-refractivity contribution in [3.8, 4) is 11.5 Å². The van der Waals surface area contributed by atoms with E-state index >= 15 is 0 Å². The highest BCUT2D eigenvalue weighted by Crippen LogP contribution is 2.33. The van der Waals surface area contributed by atoms with Gasteiger partial charge in [-0.3, -0.25) is 4.21 Å². The Morgan fingerprint density at radius 1 is 1.37 bits per heavy atom. The van der Waals surface area contributed by atoms with E-state index in [4.69, 9.17) is 9.47 Å². The van der Waals surface area contributed by atoms with Crippen LogP contribution in [0.1, 0.15) is 18.9 Å². The Morgan fingerprint density at radius 3 is 2.95 bits per heavy atom. The molecule has 1 aliphatic heterocycles. The molecule has 0 aliphatic carbocycles. The number of para-hydroxylation sites is 1. The zero-order chi connectivity index (χ0) is 13.7. The number of ether oxygens (including phenoxy) is 2. The minimum atomic E-state index is -0.721. The van der Waals surface area contributed by atoms with Crippen LogP contribution in [0.2, 0.25) is 0 Å². The molecule has 19 heavy (non-hydrogen) atoms. The van der Waals surface area contributed by atoms with E-state index in [0.717, 1.165) is 35.8 Å². The minimum absolute atomic E-state index is 0.337. The molecule has 0 fully saturated rings. The van der Waals surface area contributed by atoms with Gasteiger partial charge in [0.05, 0.1) is 0 Å². The van der Waals surface area contributed by atoms with Gasteiger partial charge in [-0.05, 0) is 19.4 Å². The molecule has 0 aromatic heterocycles. The highest BCUT2D eigenvalue weighted by molar-refractivity contribution is 7.84. The van der Waals surface area contributed by atoms with Crippen LogP contribution >= 0.6 is 0 Å². The number of benzene rings is 1. The molecule has 0 saturated carbocycles. The van der Waals surface area contributed by atoms with Crippen LogP contribution in [-0.4, -0.2) is 35.5 Å². The fourth-order valence-corrected chi connectivity index (χ4v) is 2.69. The molecule has 0 saturated heterocycles. The predicted octanol–water partition coefficient (Wildman–Crippen LogP) is 1.70. The third-order valence-corrected chi connectivity index (χ3v) is 3.94. The molecule has 2 rings (SSSR count). The van der Waals surface area contributed by atoms with Gasteiger partial charge in [-0.1, -0.05) is 12.1 Å². The van der Waals surface area contributed by atoms with Crippen LogP contribution in [0.15, 0.2) is 18.2 Å². The second kappa shape index (κ2) is 6.91. The molecule has 4 nitrogen and oxygen atoms in total. The lowest BCUT2D eigenvalue weighted by molar-refractivity contribution is 0.169. The zero-order valence-corrected chi connectivity index (χ0v) is 12.3. The zero-order valence-electron chi connectivity index (χ0n) is 11.5. The van der Waals surface area contributed by atoms with Gasteiger partial charge in [-0.25, -0.2) is 0 Å². The third-order valence-electron chi connectivity index (χ3n) is 3.13. The molecule has 0 bridgehead atoms. The van der Waals surface area contributed by atoms with Crippen molar-refractivity contribution >= 4 is 10.8 Å². The van der Waals surface area contributed by atoms with Gasteiger partial charge < -0.3 is 14.8 Å². The first-order chi connectivity index (χ1) is 9.16. The summed E-state index contributed by atoms with van der Waals surface area (Å²) in [6.07, 6.45) is 2.65. The largest absolute Gasteiger partial charge is 0.486 e. The van der Waals surface area contributed by atoms with Crippen LogP contribution < -0.4 is 14.8 Å². The van der Waals surface area contributed by atoms with Gasteiger partial charge in [-0.2, -0.15) is 0 Å². The predicted molar refractivity (Wildman–Crippen MR) is 77.3 cm³/mol. The van der Waals surface area contributed by atoms with Crippen LogP contribution in [0.4, 0.5) is 0 Å². The average molecular weight is 283 g/mol. The quantitative estimate of drug-likeness (QED) is 0.863. The molecule has 0 amide bonds. The van der Waals surface area contributed by atoms with Crippen molar-refractivity contribution in [2.24, 2.45) is 0 Å². The molecule has 2 unspecified atom stereocenters. The number of rotatable bonds is 6. The lowest BCUT2D eigenvalue weighted by Gasteiger charge is -2.22. The van der Waals surface area contributed by atoms with Gasteiger partial charge in [0.25, 0.3) is 0 Å². The third kappa shape index (κ3) is 4.21. The van der Waals surface area contributed by atoms with Crippen LogP contribution in [0.5, 0.6) is 11.5 Å². The smallest absolute Gasteiger partial charge is 0.165 e. The van der Waals surface area contributed by atoms with E-state index in [1.807, 2.05) is 18.2 Å². The van der Waals surface area contributed by atoms with Crippen LogP contribution in [0.3, 0.4) is 0 Å². The van der Waals surface area contributed by atoms with Crippen molar-refractivity contribution in [1.29, 1.82) is 0 Å². The lowest BCUT2D eigenvalue weighted by Crippen LogP contribution is -2.27. The van der Waals surface area contributed by atoms with E-state index in [0.29, 0.717) is 19.3 Å². The van der Waals surface area contributed by atoms with Crippen molar-refractivity contribution in [2.75, 3.05) is 25.2 Å². The SMILES string of the molecule is CC(CCS(C)=O)NCc1cccc2c1OCCO2. The molecule has 0 radical (unpaired) electrons. The maximum absolute atomic E-state index is 11.1. The van der Waals surface area contributed by atoms with E-state index in [1.54, 1.807) is 6.26 Å². The minimum Gasteiger partial charge on any atom is -0.486 e. The Bertz CT molecular complexity index is 450. The first-order valence-electron chi connectivity index (χ1n) is 6.57. The van der Waals surface area contributed by atoms with E-state index in [2.05, 4.69) is 12.2 Å². The monoisotopic (exact) mass is 283 g/mol. The molecule has 5 heteroatoms. The van der Waals surface area contributed by atoms with Gasteiger partial charge in [0.1, 0.15) is 13.2 Å². The molecule has 1 aliphatic rings. The van der Waals surface area contributed by atoms with Crippen LogP contribution in [0, 0.1) is 0 Å². The molecular formula is C14H21NO3S. The summed E-state index contributed by atoms with van der Waals surface area (Å²) in [5.74, 6) is 2.42. The van der Waals surface area contributed by atoms with Crippen LogP contribution in [-0.2, 0) is 17.3 Å². The summed E-state index contributed by atoms with van der Waals surface area (Å²) < 4.78 is 22.3. The fraction of sp³-hybridized carbons (Fsp3) is 0.571. The Morgan fingerprint density at radius 2 is 2.16 bits per heavy atom. The summed E-state index contributed by atoms with van der Waals surface area (Å²) in [4.78, 5) is 0. The second-order valence-electron chi connectivity index (χ2n) is 4.79. The number of hydrogen-bond donors (Lipinski definition) is 1. The highest BCUT2D eigenvalue weighted by atomic mass is 32.2. The summed E-state index contributed by atoms with van der Waals surface area (Å²) in [5, 5.41) is 3.43. The van der Waals surface area contributed by atoms with Crippen LogP contribution in [0.25, 0.3) is 0 Å². The topological polar surface area (TPSA) is 47.6 Å². The number of hydrogen-bond acceptors (Lipinski definition) is 4. The summed E-state index contributed by atoms with van der Waals surface area (Å²) in [6.45, 7) is 4.07. The Kier molecular flexibility index (Phi) is 5.22. The van der Waals surface area contributed by atoms with Crippen molar-refractivity contribution in [3.05, 3.63) is 23.8 Å². The van der Waals surface area contributed by atoms with Gasteiger partial charge in [-0.15, -0.1) is 0 Å². The molecule has 2 atom stereocenters. The molecule has 0 spiro atoms. The van der Waals surface area contributed by atoms with Crippen molar-refractivity contribution in [3.63, 3.8) is 0 Å². The van der Waals surface area contributed by atoms with Crippen molar-refractivity contribution in [1.82, 2.24) is 5.32 Å². The highest BCUT2D eigenvalue weighted by Gasteiger charge is 2.15. The molecule has 1 heterocycles. The van der Waals surface area contributed by atoms with Crippen molar-refractivity contribution < 1.29 is 13.7 Å². The summed E-state index contributed by atoms with van der Waals surface area (Å²) in [7, 11) is -0.721. The van der Waals surface area contributed by atoms with Gasteiger partial charge in [0, 0.05) is 41.0 Å². The standard InChI is InChI=1S/C14H21NO3S/c1-11(6-9-19(2)16)15-10-12-4-3-5-13-14(12)18-8-7-17-13/h3-5,11,15H,6-10H2,1-2H3. The van der Waals surface area contributed by atoms with E-state index in [-0.39, 0.29) is 0 Å². The van der Waals surface area contributed by atoms with Gasteiger partial charge in [0.15, 0.2) is 11.5 Å².